The summed E-state index contributed by atoms with van der Waals surface area (Å²) in [7, 11) is 0. The third-order valence-electron chi connectivity index (χ3n) is 1.95. The van der Waals surface area contributed by atoms with Crippen molar-refractivity contribution in [2.75, 3.05) is 0 Å². The highest BCUT2D eigenvalue weighted by atomic mass is 32.1. The molecule has 3 nitrogen and oxygen atoms in total. The Kier molecular flexibility index (Phi) is 1.85. The first-order valence-corrected chi connectivity index (χ1v) is 4.69. The molecule has 4 heteroatoms. The summed E-state index contributed by atoms with van der Waals surface area (Å²) in [5.41, 5.74) is 0.618. The number of hydrogen-bond acceptors (Lipinski definition) is 4. The van der Waals surface area contributed by atoms with Crippen LogP contribution < -0.4 is 0 Å². The number of phenols is 1. The fourth-order valence-electron chi connectivity index (χ4n) is 1.28. The molecule has 0 bridgehead atoms. The summed E-state index contributed by atoms with van der Waals surface area (Å²) in [5.74, 6) is -0.0946. The Balaban J connectivity index is 2.94. The molecule has 0 atom stereocenters. The second-order valence-corrected chi connectivity index (χ2v) is 3.62. The molecule has 1 heterocycles. The molecule has 0 aliphatic carbocycles. The van der Waals surface area contributed by atoms with Gasteiger partial charge in [0.25, 0.3) is 0 Å². The third kappa shape index (κ3) is 1.02. The summed E-state index contributed by atoms with van der Waals surface area (Å²) in [6.07, 6.45) is 0. The van der Waals surface area contributed by atoms with Gasteiger partial charge in [-0.15, -0.1) is 11.3 Å². The van der Waals surface area contributed by atoms with Crippen molar-refractivity contribution in [3.63, 3.8) is 0 Å². The van der Waals surface area contributed by atoms with E-state index in [0.717, 1.165) is 4.70 Å². The fourth-order valence-corrected chi connectivity index (χ4v) is 2.17. The van der Waals surface area contributed by atoms with Crippen molar-refractivity contribution in [1.29, 1.82) is 10.5 Å². The summed E-state index contributed by atoms with van der Waals surface area (Å²) in [5, 5.41) is 29.3. The monoisotopic (exact) mass is 200 g/mol. The molecule has 0 radical (unpaired) electrons. The third-order valence-corrected chi connectivity index (χ3v) is 2.90. The standard InChI is InChI=1S/C10H4N2OS/c11-3-6-1-2-8-9(10(6)13)7(4-12)5-14-8/h1-2,5,13H. The SMILES string of the molecule is N#Cc1ccc2scc(C#N)c2c1O. The van der Waals surface area contributed by atoms with E-state index in [1.54, 1.807) is 17.5 Å². The van der Waals surface area contributed by atoms with Crippen LogP contribution in [0.3, 0.4) is 0 Å². The van der Waals surface area contributed by atoms with Crippen LogP contribution in [0.2, 0.25) is 0 Å². The van der Waals surface area contributed by atoms with Crippen molar-refractivity contribution in [1.82, 2.24) is 0 Å². The summed E-state index contributed by atoms with van der Waals surface area (Å²) in [6.45, 7) is 0. The van der Waals surface area contributed by atoms with E-state index in [1.807, 2.05) is 12.1 Å². The van der Waals surface area contributed by atoms with Gasteiger partial charge in [0.2, 0.25) is 0 Å². The molecule has 1 aromatic carbocycles. The lowest BCUT2D eigenvalue weighted by atomic mass is 10.1. The fraction of sp³-hybridized carbons (Fsp3) is 0. The molecule has 66 valence electrons. The minimum Gasteiger partial charge on any atom is -0.506 e. The van der Waals surface area contributed by atoms with Crippen molar-refractivity contribution in [3.05, 3.63) is 28.6 Å². The highest BCUT2D eigenvalue weighted by Crippen LogP contribution is 2.34. The van der Waals surface area contributed by atoms with Gasteiger partial charge in [-0.25, -0.2) is 0 Å². The second-order valence-electron chi connectivity index (χ2n) is 2.71. The van der Waals surface area contributed by atoms with Crippen molar-refractivity contribution >= 4 is 21.4 Å². The lowest BCUT2D eigenvalue weighted by Gasteiger charge is -1.97. The predicted molar refractivity (Wildman–Crippen MR) is 52.9 cm³/mol. The van der Waals surface area contributed by atoms with E-state index in [1.165, 1.54) is 11.3 Å². The van der Waals surface area contributed by atoms with Gasteiger partial charge in [-0.3, -0.25) is 0 Å². The van der Waals surface area contributed by atoms with Crippen LogP contribution in [0.15, 0.2) is 17.5 Å². The average Bonchev–Trinajstić information content (AvgIpc) is 2.62. The van der Waals surface area contributed by atoms with Gasteiger partial charge in [-0.05, 0) is 12.1 Å². The van der Waals surface area contributed by atoms with Gasteiger partial charge in [0, 0.05) is 10.1 Å². The zero-order valence-electron chi connectivity index (χ0n) is 6.98. The maximum atomic E-state index is 9.68. The molecule has 1 N–H and O–H groups in total. The van der Waals surface area contributed by atoms with Crippen molar-refractivity contribution < 1.29 is 5.11 Å². The molecule has 0 amide bonds. The van der Waals surface area contributed by atoms with Gasteiger partial charge in [0.05, 0.1) is 16.5 Å². The van der Waals surface area contributed by atoms with Gasteiger partial charge < -0.3 is 5.11 Å². The van der Waals surface area contributed by atoms with Gasteiger partial charge in [-0.1, -0.05) is 0 Å². The van der Waals surface area contributed by atoms with Crippen molar-refractivity contribution in [2.24, 2.45) is 0 Å². The zero-order valence-corrected chi connectivity index (χ0v) is 7.80. The Labute approximate surface area is 84.1 Å². The van der Waals surface area contributed by atoms with Crippen LogP contribution in [-0.4, -0.2) is 5.11 Å². The first kappa shape index (κ1) is 8.55. The van der Waals surface area contributed by atoms with Crippen LogP contribution in [-0.2, 0) is 0 Å². The van der Waals surface area contributed by atoms with Crippen molar-refractivity contribution in [2.45, 2.75) is 0 Å². The first-order chi connectivity index (χ1) is 6.77. The van der Waals surface area contributed by atoms with E-state index in [2.05, 4.69) is 0 Å². The molecule has 0 unspecified atom stereocenters. The van der Waals surface area contributed by atoms with E-state index >= 15 is 0 Å². The zero-order chi connectivity index (χ0) is 10.1. The molecule has 0 fully saturated rings. The molecular formula is C10H4N2OS. The van der Waals surface area contributed by atoms with Gasteiger partial charge in [0.15, 0.2) is 0 Å². The average molecular weight is 200 g/mol. The van der Waals surface area contributed by atoms with Gasteiger partial charge in [0.1, 0.15) is 17.9 Å². The highest BCUT2D eigenvalue weighted by molar-refractivity contribution is 7.17. The molecule has 0 aliphatic rings. The van der Waals surface area contributed by atoms with E-state index in [0.29, 0.717) is 10.9 Å². The number of rotatable bonds is 0. The van der Waals surface area contributed by atoms with Crippen LogP contribution in [0.4, 0.5) is 0 Å². The van der Waals surface area contributed by atoms with Gasteiger partial charge in [-0.2, -0.15) is 10.5 Å². The lowest BCUT2D eigenvalue weighted by molar-refractivity contribution is 0.480. The molecule has 1 aromatic heterocycles. The largest absolute Gasteiger partial charge is 0.506 e. The Hall–Kier alpha value is -2.04. The van der Waals surface area contributed by atoms with Crippen molar-refractivity contribution in [3.8, 4) is 17.9 Å². The molecule has 0 aliphatic heterocycles. The first-order valence-electron chi connectivity index (χ1n) is 3.81. The number of phenolic OH excluding ortho intramolecular Hbond substituents is 1. The number of fused-ring (bicyclic) bond motifs is 1. The summed E-state index contributed by atoms with van der Waals surface area (Å²) >= 11 is 1.38. The second kappa shape index (κ2) is 3.02. The minimum absolute atomic E-state index is 0.0946. The van der Waals surface area contributed by atoms with Crippen LogP contribution in [0.25, 0.3) is 10.1 Å². The number of benzene rings is 1. The van der Waals surface area contributed by atoms with Crippen LogP contribution in [0, 0.1) is 22.7 Å². The molecule has 2 aromatic rings. The highest BCUT2D eigenvalue weighted by Gasteiger charge is 2.11. The summed E-state index contributed by atoms with van der Waals surface area (Å²) < 4.78 is 0.818. The smallest absolute Gasteiger partial charge is 0.143 e. The van der Waals surface area contributed by atoms with E-state index < -0.39 is 0 Å². The normalized spacial score (nSPS) is 9.57. The molecule has 0 spiro atoms. The quantitative estimate of drug-likeness (QED) is 0.709. The number of nitriles is 2. The Morgan fingerprint density at radius 2 is 1.86 bits per heavy atom. The number of nitrogens with zero attached hydrogens (tertiary/aromatic N) is 2. The number of thiophene rings is 1. The van der Waals surface area contributed by atoms with Crippen LogP contribution in [0.5, 0.6) is 5.75 Å². The Bertz CT molecular complexity index is 586. The number of aromatic hydroxyl groups is 1. The molecular weight excluding hydrogens is 196 g/mol. The molecule has 0 saturated heterocycles. The summed E-state index contributed by atoms with van der Waals surface area (Å²) in [6, 6.07) is 7.14. The van der Waals surface area contributed by atoms with E-state index in [9.17, 15) is 5.11 Å². The Morgan fingerprint density at radius 3 is 2.50 bits per heavy atom. The van der Waals surface area contributed by atoms with Crippen LogP contribution >= 0.6 is 11.3 Å². The maximum Gasteiger partial charge on any atom is 0.143 e. The van der Waals surface area contributed by atoms with E-state index in [4.69, 9.17) is 10.5 Å². The maximum absolute atomic E-state index is 9.68. The topological polar surface area (TPSA) is 67.8 Å². The molecule has 2 rings (SSSR count). The molecule has 0 saturated carbocycles. The Morgan fingerprint density at radius 1 is 1.14 bits per heavy atom. The van der Waals surface area contributed by atoms with Crippen LogP contribution in [0.1, 0.15) is 11.1 Å². The summed E-state index contributed by atoms with van der Waals surface area (Å²) in [4.78, 5) is 0. The van der Waals surface area contributed by atoms with E-state index in [-0.39, 0.29) is 11.3 Å². The lowest BCUT2D eigenvalue weighted by Crippen LogP contribution is -1.78. The van der Waals surface area contributed by atoms with Gasteiger partial charge >= 0.3 is 0 Å². The predicted octanol–water partition coefficient (Wildman–Crippen LogP) is 2.35. The number of hydrogen-bond donors (Lipinski definition) is 1. The minimum atomic E-state index is -0.0946. The molecule has 14 heavy (non-hydrogen) atoms.